The van der Waals surface area contributed by atoms with Crippen molar-refractivity contribution in [3.05, 3.63) is 68.7 Å². The number of esters is 2. The molecule has 0 saturated carbocycles. The van der Waals surface area contributed by atoms with E-state index < -0.39 is 28.9 Å². The number of methoxy groups -OCH3 is 1. The van der Waals surface area contributed by atoms with E-state index in [1.165, 1.54) is 50.4 Å². The molecule has 0 radical (unpaired) electrons. The van der Waals surface area contributed by atoms with E-state index in [-0.39, 0.29) is 27.5 Å². The molecule has 0 aliphatic heterocycles. The number of nitrogens with one attached hydrogen (secondary N) is 1. The number of hydrogen-bond acceptors (Lipinski definition) is 7. The fraction of sp³-hybridized carbons (Fsp3) is 0.167. The van der Waals surface area contributed by atoms with E-state index in [1.54, 1.807) is 0 Å². The first kappa shape index (κ1) is 20.8. The van der Waals surface area contributed by atoms with Gasteiger partial charge in [-0.25, -0.2) is 9.59 Å². The molecule has 2 aromatic carbocycles. The first-order valence-corrected chi connectivity index (χ1v) is 8.25. The van der Waals surface area contributed by atoms with Crippen LogP contribution in [0.3, 0.4) is 0 Å². The molecule has 1 N–H and O–H groups in total. The van der Waals surface area contributed by atoms with Crippen LogP contribution in [0, 0.1) is 10.1 Å². The molecule has 1 amide bonds. The van der Waals surface area contributed by atoms with E-state index >= 15 is 0 Å². The third kappa shape index (κ3) is 5.04. The van der Waals surface area contributed by atoms with Gasteiger partial charge in [-0.1, -0.05) is 11.6 Å². The molecule has 1 atom stereocenters. The largest absolute Gasteiger partial charge is 0.465 e. The number of ether oxygens (including phenoxy) is 2. The highest BCUT2D eigenvalue weighted by atomic mass is 35.5. The van der Waals surface area contributed by atoms with Gasteiger partial charge in [0.1, 0.15) is 0 Å². The molecule has 1 unspecified atom stereocenters. The molecule has 0 aromatic heterocycles. The Balaban J connectivity index is 2.01. The van der Waals surface area contributed by atoms with Gasteiger partial charge in [-0.15, -0.1) is 0 Å². The van der Waals surface area contributed by atoms with Crippen LogP contribution in [-0.4, -0.2) is 36.0 Å². The molecule has 146 valence electrons. The summed E-state index contributed by atoms with van der Waals surface area (Å²) in [6, 6.07) is 9.07. The zero-order valence-corrected chi connectivity index (χ0v) is 15.6. The molecule has 2 rings (SSSR count). The summed E-state index contributed by atoms with van der Waals surface area (Å²) in [5.41, 5.74) is 0.318. The van der Waals surface area contributed by atoms with Gasteiger partial charge >= 0.3 is 11.9 Å². The Kier molecular flexibility index (Phi) is 6.67. The minimum Gasteiger partial charge on any atom is -0.465 e. The number of nitrogens with zero attached hydrogens (tertiary/aromatic N) is 1. The van der Waals surface area contributed by atoms with Crippen LogP contribution < -0.4 is 5.32 Å². The summed E-state index contributed by atoms with van der Waals surface area (Å²) in [6.07, 6.45) is -1.17. The third-order valence-corrected chi connectivity index (χ3v) is 3.93. The highest BCUT2D eigenvalue weighted by Crippen LogP contribution is 2.26. The first-order valence-electron chi connectivity index (χ1n) is 7.87. The normalized spacial score (nSPS) is 11.2. The molecule has 0 fully saturated rings. The number of hydrogen-bond donors (Lipinski definition) is 1. The summed E-state index contributed by atoms with van der Waals surface area (Å²) in [5.74, 6) is -1.99. The van der Waals surface area contributed by atoms with Gasteiger partial charge in [-0.3, -0.25) is 14.9 Å². The topological polar surface area (TPSA) is 125 Å². The van der Waals surface area contributed by atoms with Crippen LogP contribution in [0.15, 0.2) is 42.5 Å². The monoisotopic (exact) mass is 406 g/mol. The molecule has 28 heavy (non-hydrogen) atoms. The number of amides is 1. The predicted octanol–water partition coefficient (Wildman–Crippen LogP) is 3.22. The van der Waals surface area contributed by atoms with Gasteiger partial charge in [-0.05, 0) is 37.3 Å². The minimum atomic E-state index is -1.17. The predicted molar refractivity (Wildman–Crippen MR) is 99.4 cm³/mol. The van der Waals surface area contributed by atoms with Crippen molar-refractivity contribution in [2.24, 2.45) is 0 Å². The fourth-order valence-electron chi connectivity index (χ4n) is 2.10. The molecule has 2 aromatic rings. The summed E-state index contributed by atoms with van der Waals surface area (Å²) < 4.78 is 9.64. The third-order valence-electron chi connectivity index (χ3n) is 3.62. The molecular formula is C18H15ClN2O7. The molecule has 0 bridgehead atoms. The summed E-state index contributed by atoms with van der Waals surface area (Å²) in [5, 5.41) is 13.1. The van der Waals surface area contributed by atoms with Crippen molar-refractivity contribution in [3.8, 4) is 0 Å². The molecule has 0 spiro atoms. The Morgan fingerprint density at radius 1 is 1.07 bits per heavy atom. The lowest BCUT2D eigenvalue weighted by Crippen LogP contribution is -2.30. The van der Waals surface area contributed by atoms with Gasteiger partial charge in [0, 0.05) is 12.1 Å². The highest BCUT2D eigenvalue weighted by Gasteiger charge is 2.21. The quantitative estimate of drug-likeness (QED) is 0.443. The molecule has 0 heterocycles. The Hall–Kier alpha value is -3.46. The van der Waals surface area contributed by atoms with Crippen LogP contribution in [0.5, 0.6) is 0 Å². The standard InChI is InChI=1S/C18H15ClN2O7/c1-10(16(22)20-15-8-7-13(21(25)26)9-14(15)19)28-18(24)12-5-3-11(4-6-12)17(23)27-2/h3-10H,1-2H3,(H,20,22). The van der Waals surface area contributed by atoms with Crippen LogP contribution in [0.4, 0.5) is 11.4 Å². The number of halogens is 1. The molecule has 0 aliphatic carbocycles. The van der Waals surface area contributed by atoms with Crippen molar-refractivity contribution in [1.29, 1.82) is 0 Å². The number of carbonyl (C=O) groups excluding carboxylic acids is 3. The number of carbonyl (C=O) groups is 3. The Bertz CT molecular complexity index is 928. The van der Waals surface area contributed by atoms with Crippen LogP contribution in [0.2, 0.25) is 5.02 Å². The second kappa shape index (κ2) is 8.96. The van der Waals surface area contributed by atoms with Crippen molar-refractivity contribution in [1.82, 2.24) is 0 Å². The van der Waals surface area contributed by atoms with Crippen molar-refractivity contribution in [3.63, 3.8) is 0 Å². The maximum absolute atomic E-state index is 12.2. The summed E-state index contributed by atoms with van der Waals surface area (Å²) in [7, 11) is 1.24. The Morgan fingerprint density at radius 3 is 2.14 bits per heavy atom. The van der Waals surface area contributed by atoms with E-state index in [4.69, 9.17) is 16.3 Å². The van der Waals surface area contributed by atoms with Crippen molar-refractivity contribution >= 4 is 40.8 Å². The fourth-order valence-corrected chi connectivity index (χ4v) is 2.32. The summed E-state index contributed by atoms with van der Waals surface area (Å²) in [6.45, 7) is 1.36. The highest BCUT2D eigenvalue weighted by molar-refractivity contribution is 6.34. The van der Waals surface area contributed by atoms with Crippen molar-refractivity contribution < 1.29 is 28.8 Å². The zero-order valence-electron chi connectivity index (χ0n) is 14.8. The maximum Gasteiger partial charge on any atom is 0.338 e. The number of benzene rings is 2. The second-order valence-corrected chi connectivity index (χ2v) is 5.93. The number of anilines is 1. The average molecular weight is 407 g/mol. The molecule has 0 saturated heterocycles. The minimum absolute atomic E-state index is 0.0283. The van der Waals surface area contributed by atoms with Gasteiger partial charge in [0.2, 0.25) is 0 Å². The van der Waals surface area contributed by atoms with Gasteiger partial charge in [0.05, 0.1) is 33.9 Å². The lowest BCUT2D eigenvalue weighted by Gasteiger charge is -2.14. The van der Waals surface area contributed by atoms with Crippen LogP contribution >= 0.6 is 11.6 Å². The lowest BCUT2D eigenvalue weighted by molar-refractivity contribution is -0.384. The average Bonchev–Trinajstić information content (AvgIpc) is 2.68. The molecule has 10 heteroatoms. The van der Waals surface area contributed by atoms with E-state index in [1.807, 2.05) is 0 Å². The van der Waals surface area contributed by atoms with Crippen molar-refractivity contribution in [2.45, 2.75) is 13.0 Å². The van der Waals surface area contributed by atoms with Crippen LogP contribution in [-0.2, 0) is 14.3 Å². The van der Waals surface area contributed by atoms with E-state index in [0.717, 1.165) is 6.07 Å². The van der Waals surface area contributed by atoms with Crippen LogP contribution in [0.25, 0.3) is 0 Å². The second-order valence-electron chi connectivity index (χ2n) is 5.53. The Labute approximate surface area is 164 Å². The lowest BCUT2D eigenvalue weighted by atomic mass is 10.1. The smallest absolute Gasteiger partial charge is 0.338 e. The zero-order chi connectivity index (χ0) is 20.8. The number of non-ortho nitro benzene ring substituents is 1. The molecule has 0 aliphatic rings. The molecular weight excluding hydrogens is 392 g/mol. The van der Waals surface area contributed by atoms with E-state index in [0.29, 0.717) is 0 Å². The maximum atomic E-state index is 12.2. The number of nitro benzene ring substituents is 1. The summed E-state index contributed by atoms with van der Waals surface area (Å²) >= 11 is 5.91. The van der Waals surface area contributed by atoms with Gasteiger partial charge < -0.3 is 14.8 Å². The van der Waals surface area contributed by atoms with E-state index in [2.05, 4.69) is 10.1 Å². The first-order chi connectivity index (χ1) is 13.2. The molecule has 9 nitrogen and oxygen atoms in total. The van der Waals surface area contributed by atoms with Gasteiger partial charge in [0.15, 0.2) is 6.10 Å². The van der Waals surface area contributed by atoms with Crippen molar-refractivity contribution in [2.75, 3.05) is 12.4 Å². The SMILES string of the molecule is COC(=O)c1ccc(C(=O)OC(C)C(=O)Nc2ccc([N+](=O)[O-])cc2Cl)cc1. The van der Waals surface area contributed by atoms with Gasteiger partial charge in [-0.2, -0.15) is 0 Å². The Morgan fingerprint density at radius 2 is 1.64 bits per heavy atom. The summed E-state index contributed by atoms with van der Waals surface area (Å²) in [4.78, 5) is 45.8. The van der Waals surface area contributed by atoms with E-state index in [9.17, 15) is 24.5 Å². The number of nitro groups is 1. The number of rotatable bonds is 6. The van der Waals surface area contributed by atoms with Crippen LogP contribution in [0.1, 0.15) is 27.6 Å². The van der Waals surface area contributed by atoms with Gasteiger partial charge in [0.25, 0.3) is 11.6 Å².